The maximum Gasteiger partial charge on any atom is 0.303 e. The van der Waals surface area contributed by atoms with Crippen LogP contribution in [0, 0.1) is 5.92 Å². The van der Waals surface area contributed by atoms with Gasteiger partial charge in [0.25, 0.3) is 0 Å². The Morgan fingerprint density at radius 3 is 2.85 bits per heavy atom. The lowest BCUT2D eigenvalue weighted by Crippen LogP contribution is -2.20. The van der Waals surface area contributed by atoms with Crippen LogP contribution in [-0.4, -0.2) is 34.2 Å². The van der Waals surface area contributed by atoms with Crippen LogP contribution in [0.5, 0.6) is 5.75 Å². The average Bonchev–Trinajstić information content (AvgIpc) is 2.80. The first kappa shape index (κ1) is 15.4. The maximum atomic E-state index is 10.6. The van der Waals surface area contributed by atoms with Crippen molar-refractivity contribution in [2.45, 2.75) is 25.8 Å². The second kappa shape index (κ2) is 6.66. The molecule has 0 spiro atoms. The number of halogens is 2. The Labute approximate surface area is 127 Å². The number of nitrogens with zero attached hydrogens (tertiary/aromatic N) is 1. The fraction of sp³-hybridized carbons (Fsp3) is 0.500. The van der Waals surface area contributed by atoms with E-state index in [4.69, 9.17) is 28.3 Å². The van der Waals surface area contributed by atoms with Crippen molar-refractivity contribution in [2.24, 2.45) is 5.92 Å². The van der Waals surface area contributed by atoms with E-state index in [2.05, 4.69) is 4.90 Å². The molecular formula is C14H17Cl2NO3. The molecule has 1 fully saturated rings. The second-order valence-electron chi connectivity index (χ2n) is 5.22. The Kier molecular flexibility index (Phi) is 5.13. The van der Waals surface area contributed by atoms with E-state index >= 15 is 0 Å². The molecule has 1 saturated heterocycles. The highest BCUT2D eigenvalue weighted by Crippen LogP contribution is 2.33. The van der Waals surface area contributed by atoms with Crippen molar-refractivity contribution in [2.75, 3.05) is 13.1 Å². The van der Waals surface area contributed by atoms with Crippen LogP contribution in [0.15, 0.2) is 12.1 Å². The molecule has 1 atom stereocenters. The number of phenols is 1. The van der Waals surface area contributed by atoms with Crippen molar-refractivity contribution in [3.8, 4) is 5.75 Å². The van der Waals surface area contributed by atoms with Crippen LogP contribution in [-0.2, 0) is 11.3 Å². The van der Waals surface area contributed by atoms with Crippen LogP contribution < -0.4 is 0 Å². The summed E-state index contributed by atoms with van der Waals surface area (Å²) in [5.74, 6) is -0.268. The lowest BCUT2D eigenvalue weighted by molar-refractivity contribution is -0.137. The zero-order chi connectivity index (χ0) is 14.7. The zero-order valence-electron chi connectivity index (χ0n) is 11.0. The van der Waals surface area contributed by atoms with Crippen molar-refractivity contribution in [1.29, 1.82) is 0 Å². The molecule has 2 rings (SSSR count). The molecule has 0 amide bonds. The largest absolute Gasteiger partial charge is 0.506 e. The van der Waals surface area contributed by atoms with E-state index in [9.17, 15) is 9.90 Å². The highest BCUT2D eigenvalue weighted by molar-refractivity contribution is 6.35. The van der Waals surface area contributed by atoms with E-state index in [1.54, 1.807) is 6.07 Å². The Morgan fingerprint density at radius 2 is 2.15 bits per heavy atom. The smallest absolute Gasteiger partial charge is 0.303 e. The number of benzene rings is 1. The summed E-state index contributed by atoms with van der Waals surface area (Å²) in [6, 6.07) is 3.23. The first-order valence-corrected chi connectivity index (χ1v) is 7.32. The summed E-state index contributed by atoms with van der Waals surface area (Å²) in [6.45, 7) is 2.32. The molecular weight excluding hydrogens is 301 g/mol. The quantitative estimate of drug-likeness (QED) is 0.874. The third kappa shape index (κ3) is 4.01. The van der Waals surface area contributed by atoms with Crippen LogP contribution in [0.4, 0.5) is 0 Å². The molecule has 0 bridgehead atoms. The summed E-state index contributed by atoms with van der Waals surface area (Å²) >= 11 is 11.8. The summed E-state index contributed by atoms with van der Waals surface area (Å²) < 4.78 is 0. The van der Waals surface area contributed by atoms with Crippen molar-refractivity contribution in [3.63, 3.8) is 0 Å². The van der Waals surface area contributed by atoms with Crippen LogP contribution >= 0.6 is 23.2 Å². The number of aliphatic carboxylic acids is 1. The van der Waals surface area contributed by atoms with E-state index in [1.807, 2.05) is 0 Å². The van der Waals surface area contributed by atoms with Crippen LogP contribution in [0.25, 0.3) is 0 Å². The fourth-order valence-electron chi connectivity index (χ4n) is 2.60. The van der Waals surface area contributed by atoms with Crippen molar-refractivity contribution in [1.82, 2.24) is 4.90 Å². The van der Waals surface area contributed by atoms with Gasteiger partial charge in [0.1, 0.15) is 5.75 Å². The molecule has 6 heteroatoms. The Balaban J connectivity index is 1.94. The van der Waals surface area contributed by atoms with Crippen molar-refractivity contribution in [3.05, 3.63) is 27.7 Å². The number of carbonyl (C=O) groups is 1. The molecule has 0 aliphatic carbocycles. The topological polar surface area (TPSA) is 60.8 Å². The van der Waals surface area contributed by atoms with Gasteiger partial charge in [-0.1, -0.05) is 23.2 Å². The standard InChI is InChI=1S/C14H17Cl2NO3/c15-11-5-10(14(20)12(16)6-11)8-17-4-3-9(7-17)1-2-13(18)19/h5-6,9,20H,1-4,7-8H2,(H,18,19). The second-order valence-corrected chi connectivity index (χ2v) is 6.06. The van der Waals surface area contributed by atoms with Crippen molar-refractivity contribution < 1.29 is 15.0 Å². The first-order chi connectivity index (χ1) is 9.45. The molecule has 0 aromatic heterocycles. The van der Waals surface area contributed by atoms with Gasteiger partial charge in [-0.25, -0.2) is 0 Å². The monoisotopic (exact) mass is 317 g/mol. The van der Waals surface area contributed by atoms with Crippen LogP contribution in [0.3, 0.4) is 0 Å². The molecule has 0 saturated carbocycles. The Bertz CT molecular complexity index is 507. The summed E-state index contributed by atoms with van der Waals surface area (Å²) in [4.78, 5) is 12.8. The van der Waals surface area contributed by atoms with E-state index < -0.39 is 5.97 Å². The van der Waals surface area contributed by atoms with E-state index in [1.165, 1.54) is 6.07 Å². The van der Waals surface area contributed by atoms with Crippen LogP contribution in [0.2, 0.25) is 10.0 Å². The van der Waals surface area contributed by atoms with Gasteiger partial charge in [-0.2, -0.15) is 0 Å². The van der Waals surface area contributed by atoms with Gasteiger partial charge in [0.05, 0.1) is 5.02 Å². The normalized spacial score (nSPS) is 19.4. The minimum absolute atomic E-state index is 0.0741. The average molecular weight is 318 g/mol. The van der Waals surface area contributed by atoms with E-state index in [-0.39, 0.29) is 17.2 Å². The number of carboxylic acids is 1. The SMILES string of the molecule is O=C(O)CCC1CCN(Cc2cc(Cl)cc(Cl)c2O)C1. The van der Waals surface area contributed by atoms with E-state index in [0.717, 1.165) is 19.5 Å². The molecule has 1 aliphatic heterocycles. The molecule has 1 aromatic carbocycles. The molecule has 110 valence electrons. The van der Waals surface area contributed by atoms with Gasteiger partial charge in [0, 0.05) is 30.1 Å². The van der Waals surface area contributed by atoms with Gasteiger partial charge in [-0.15, -0.1) is 0 Å². The summed E-state index contributed by atoms with van der Waals surface area (Å²) in [7, 11) is 0. The fourth-order valence-corrected chi connectivity index (χ4v) is 3.14. The molecule has 1 aliphatic rings. The number of carboxylic acid groups (broad SMARTS) is 1. The summed E-state index contributed by atoms with van der Waals surface area (Å²) in [5, 5.41) is 19.4. The number of rotatable bonds is 5. The summed E-state index contributed by atoms with van der Waals surface area (Å²) in [6.07, 6.45) is 1.91. The third-order valence-corrected chi connectivity index (χ3v) is 4.14. The maximum absolute atomic E-state index is 10.6. The molecule has 1 heterocycles. The van der Waals surface area contributed by atoms with E-state index in [0.29, 0.717) is 29.5 Å². The Hall–Kier alpha value is -0.970. The predicted octanol–water partition coefficient (Wildman–Crippen LogP) is 3.39. The highest BCUT2D eigenvalue weighted by atomic mass is 35.5. The highest BCUT2D eigenvalue weighted by Gasteiger charge is 2.24. The minimum Gasteiger partial charge on any atom is -0.506 e. The first-order valence-electron chi connectivity index (χ1n) is 6.56. The van der Waals surface area contributed by atoms with Gasteiger partial charge >= 0.3 is 5.97 Å². The van der Waals surface area contributed by atoms with Gasteiger partial charge in [0.15, 0.2) is 0 Å². The zero-order valence-corrected chi connectivity index (χ0v) is 12.5. The number of hydrogen-bond donors (Lipinski definition) is 2. The van der Waals surface area contributed by atoms with Gasteiger partial charge in [-0.05, 0) is 37.4 Å². The molecule has 4 nitrogen and oxygen atoms in total. The number of hydrogen-bond acceptors (Lipinski definition) is 3. The van der Waals surface area contributed by atoms with Gasteiger partial charge in [-0.3, -0.25) is 9.69 Å². The number of likely N-dealkylation sites (tertiary alicyclic amines) is 1. The number of phenolic OH excluding ortho intramolecular Hbond substituents is 1. The van der Waals surface area contributed by atoms with Gasteiger partial charge < -0.3 is 10.2 Å². The number of aromatic hydroxyl groups is 1. The Morgan fingerprint density at radius 1 is 1.40 bits per heavy atom. The predicted molar refractivity (Wildman–Crippen MR) is 78.4 cm³/mol. The molecule has 20 heavy (non-hydrogen) atoms. The lowest BCUT2D eigenvalue weighted by atomic mass is 10.0. The van der Waals surface area contributed by atoms with Crippen LogP contribution in [0.1, 0.15) is 24.8 Å². The lowest BCUT2D eigenvalue weighted by Gasteiger charge is -2.17. The summed E-state index contributed by atoms with van der Waals surface area (Å²) in [5.41, 5.74) is 0.710. The molecule has 1 aromatic rings. The molecule has 2 N–H and O–H groups in total. The molecule has 0 radical (unpaired) electrons. The molecule has 1 unspecified atom stereocenters. The minimum atomic E-state index is -0.747. The third-order valence-electron chi connectivity index (χ3n) is 3.64. The van der Waals surface area contributed by atoms with Gasteiger partial charge in [0.2, 0.25) is 0 Å². The van der Waals surface area contributed by atoms with Crippen molar-refractivity contribution >= 4 is 29.2 Å².